The lowest BCUT2D eigenvalue weighted by atomic mass is 10.4. The number of carbonyl (C=O) groups excluding carboxylic acids is 1. The van der Waals surface area contributed by atoms with Crippen LogP contribution in [-0.2, 0) is 5.11 Å². The molecule has 0 saturated carbocycles. The van der Waals surface area contributed by atoms with E-state index < -0.39 is 6.09 Å². The molecule has 0 saturated heterocycles. The molecule has 0 aromatic rings. The molecule has 3 heteroatoms. The van der Waals surface area contributed by atoms with E-state index in [1.807, 2.05) is 5.32 Å². The highest BCUT2D eigenvalue weighted by atomic mass is 16.4. The van der Waals surface area contributed by atoms with Gasteiger partial charge in [-0.2, -0.15) is 0 Å². The van der Waals surface area contributed by atoms with Crippen LogP contribution in [0.25, 0.3) is 0 Å². The number of hydrogen-bond donors (Lipinski definition) is 1. The van der Waals surface area contributed by atoms with Gasteiger partial charge in [0.1, 0.15) is 0 Å². The first-order chi connectivity index (χ1) is 3.13. The molecule has 3 nitrogen and oxygen atoms in total. The van der Waals surface area contributed by atoms with Crippen LogP contribution < -0.4 is 5.32 Å². The Morgan fingerprint density at radius 3 is 2.29 bits per heavy atom. The van der Waals surface area contributed by atoms with Crippen LogP contribution in [0.3, 0.4) is 0 Å². The summed E-state index contributed by atoms with van der Waals surface area (Å²) in [5.41, 5.74) is 0. The van der Waals surface area contributed by atoms with Gasteiger partial charge in [-0.1, -0.05) is 0 Å². The Kier molecular flexibility index (Phi) is 2.19. The lowest BCUT2D eigenvalue weighted by Gasteiger charge is -1.98. The van der Waals surface area contributed by atoms with Crippen LogP contribution in [0, 0.1) is 6.92 Å². The van der Waals surface area contributed by atoms with Crippen molar-refractivity contribution in [1.82, 2.24) is 5.32 Å². The summed E-state index contributed by atoms with van der Waals surface area (Å²) >= 11 is 0. The Hall–Kier alpha value is -0.730. The molecule has 0 aliphatic rings. The van der Waals surface area contributed by atoms with Gasteiger partial charge in [0.25, 0.3) is 0 Å². The number of nitrogens with one attached hydrogen (secondary N) is 1. The zero-order chi connectivity index (χ0) is 5.86. The summed E-state index contributed by atoms with van der Waals surface area (Å²) in [7, 11) is 0. The second-order valence-corrected chi connectivity index (χ2v) is 1.33. The molecule has 2 radical (unpaired) electrons. The highest BCUT2D eigenvalue weighted by Gasteiger charge is 1.97. The summed E-state index contributed by atoms with van der Waals surface area (Å²) in [6.45, 7) is 4.97. The van der Waals surface area contributed by atoms with Crippen molar-refractivity contribution in [2.75, 3.05) is 0 Å². The Labute approximate surface area is 42.3 Å². The molecule has 7 heavy (non-hydrogen) atoms. The van der Waals surface area contributed by atoms with Gasteiger partial charge in [-0.15, -0.1) is 0 Å². The molecule has 0 aromatic carbocycles. The Morgan fingerprint density at radius 1 is 1.86 bits per heavy atom. The minimum absolute atomic E-state index is 0.287. The van der Waals surface area contributed by atoms with Crippen LogP contribution in [-0.4, -0.2) is 12.1 Å². The van der Waals surface area contributed by atoms with Crippen molar-refractivity contribution in [2.24, 2.45) is 0 Å². The van der Waals surface area contributed by atoms with Crippen molar-refractivity contribution >= 4 is 6.09 Å². The number of hydrogen-bond acceptors (Lipinski definition) is 1. The molecule has 0 heterocycles. The van der Waals surface area contributed by atoms with Crippen LogP contribution in [0.4, 0.5) is 4.79 Å². The second-order valence-electron chi connectivity index (χ2n) is 1.33. The minimum atomic E-state index is -1.28. The fourth-order valence-electron chi connectivity index (χ4n) is 0.201. The molecule has 1 atom stereocenters. The summed E-state index contributed by atoms with van der Waals surface area (Å²) < 4.78 is 0. The van der Waals surface area contributed by atoms with Crippen molar-refractivity contribution in [3.8, 4) is 0 Å². The van der Waals surface area contributed by atoms with Gasteiger partial charge in [0.2, 0.25) is 0 Å². The van der Waals surface area contributed by atoms with Crippen molar-refractivity contribution in [2.45, 2.75) is 13.0 Å². The fraction of sp³-hybridized carbons (Fsp3) is 0.500. The Morgan fingerprint density at radius 2 is 2.29 bits per heavy atom. The number of amides is 1. The molecule has 0 aromatic heterocycles. The van der Waals surface area contributed by atoms with Crippen molar-refractivity contribution in [3.05, 3.63) is 6.92 Å². The molecule has 0 spiro atoms. The molecule has 0 rings (SSSR count). The average molecular weight is 101 g/mol. The fourth-order valence-corrected chi connectivity index (χ4v) is 0.201. The lowest BCUT2D eigenvalue weighted by Crippen LogP contribution is -2.27. The van der Waals surface area contributed by atoms with E-state index in [1.165, 1.54) is 0 Å². The maximum atomic E-state index is 9.55. The van der Waals surface area contributed by atoms with Crippen LogP contribution in [0.15, 0.2) is 0 Å². The molecule has 1 unspecified atom stereocenters. The molecule has 0 aliphatic carbocycles. The summed E-state index contributed by atoms with van der Waals surface area (Å²) in [5, 5.41) is 11.5. The summed E-state index contributed by atoms with van der Waals surface area (Å²) in [6.07, 6.45) is -1.28. The highest BCUT2D eigenvalue weighted by Crippen LogP contribution is 1.72. The molecular formula is C4H7NO2. The summed E-state index contributed by atoms with van der Waals surface area (Å²) in [6, 6.07) is -0.287. The third-order valence-electron chi connectivity index (χ3n) is 0.364. The van der Waals surface area contributed by atoms with E-state index in [9.17, 15) is 9.90 Å². The third kappa shape index (κ3) is 5.27. The van der Waals surface area contributed by atoms with Gasteiger partial charge in [0.15, 0.2) is 0 Å². The first kappa shape index (κ1) is 6.27. The largest absolute Gasteiger partial charge is 0.450 e. The maximum Gasteiger partial charge on any atom is 0.450 e. The quantitative estimate of drug-likeness (QED) is 0.509. The summed E-state index contributed by atoms with van der Waals surface area (Å²) in [5.74, 6) is 0. The molecule has 1 amide bonds. The predicted molar refractivity (Wildman–Crippen MR) is 24.0 cm³/mol. The van der Waals surface area contributed by atoms with E-state index in [1.54, 1.807) is 6.92 Å². The predicted octanol–water partition coefficient (Wildman–Crippen LogP) is 0.349. The average Bonchev–Trinajstić information content (AvgIpc) is 1.27. The standard InChI is InChI=1S/C4H7NO2/c1-3(2)5-4(6)7/h3,5H,1H2,2H3. The van der Waals surface area contributed by atoms with Gasteiger partial charge in [0.05, 0.1) is 0 Å². The Balaban J connectivity index is 3.13. The van der Waals surface area contributed by atoms with Crippen LogP contribution in [0.2, 0.25) is 0 Å². The van der Waals surface area contributed by atoms with Gasteiger partial charge < -0.3 is 5.32 Å². The van der Waals surface area contributed by atoms with Crippen LogP contribution in [0.5, 0.6) is 0 Å². The SMILES string of the molecule is [CH2]C(C)NC([O])=O. The van der Waals surface area contributed by atoms with Gasteiger partial charge >= 0.3 is 6.09 Å². The van der Waals surface area contributed by atoms with Crippen molar-refractivity contribution in [3.63, 3.8) is 0 Å². The van der Waals surface area contributed by atoms with E-state index in [0.29, 0.717) is 0 Å². The van der Waals surface area contributed by atoms with Gasteiger partial charge in [-0.25, -0.2) is 9.90 Å². The first-order valence-electron chi connectivity index (χ1n) is 1.93. The molecule has 0 bridgehead atoms. The second kappa shape index (κ2) is 2.44. The Bertz CT molecular complexity index is 70.1. The number of rotatable bonds is 1. The van der Waals surface area contributed by atoms with Crippen molar-refractivity contribution < 1.29 is 9.90 Å². The summed E-state index contributed by atoms with van der Waals surface area (Å²) in [4.78, 5) is 9.55. The molecule has 0 fully saturated rings. The van der Waals surface area contributed by atoms with E-state index in [-0.39, 0.29) is 6.04 Å². The zero-order valence-electron chi connectivity index (χ0n) is 4.10. The topological polar surface area (TPSA) is 49.0 Å². The van der Waals surface area contributed by atoms with E-state index in [0.717, 1.165) is 0 Å². The van der Waals surface area contributed by atoms with Crippen LogP contribution >= 0.6 is 0 Å². The third-order valence-corrected chi connectivity index (χ3v) is 0.364. The van der Waals surface area contributed by atoms with Gasteiger partial charge in [-0.3, -0.25) is 0 Å². The normalized spacial score (nSPS) is 9.00. The maximum absolute atomic E-state index is 9.55. The van der Waals surface area contributed by atoms with E-state index in [4.69, 9.17) is 0 Å². The number of carbonyl (C=O) groups is 1. The van der Waals surface area contributed by atoms with E-state index >= 15 is 0 Å². The molecule has 40 valence electrons. The lowest BCUT2D eigenvalue weighted by molar-refractivity contribution is 0.167. The minimum Gasteiger partial charge on any atom is -0.316 e. The highest BCUT2D eigenvalue weighted by molar-refractivity contribution is 5.64. The van der Waals surface area contributed by atoms with Crippen molar-refractivity contribution in [1.29, 1.82) is 0 Å². The molecule has 0 aliphatic heterocycles. The smallest absolute Gasteiger partial charge is 0.316 e. The van der Waals surface area contributed by atoms with Crippen LogP contribution in [0.1, 0.15) is 6.92 Å². The monoisotopic (exact) mass is 101 g/mol. The van der Waals surface area contributed by atoms with Gasteiger partial charge in [0, 0.05) is 6.04 Å². The molecular weight excluding hydrogens is 94.0 g/mol. The zero-order valence-corrected chi connectivity index (χ0v) is 4.10. The first-order valence-corrected chi connectivity index (χ1v) is 1.93. The van der Waals surface area contributed by atoms with Gasteiger partial charge in [-0.05, 0) is 13.8 Å². The molecule has 1 N–H and O–H groups in total. The van der Waals surface area contributed by atoms with E-state index in [2.05, 4.69) is 6.92 Å².